The lowest BCUT2D eigenvalue weighted by Crippen LogP contribution is -2.10. The normalized spacial score (nSPS) is 10.8. The van der Waals surface area contributed by atoms with Crippen LogP contribution in [-0.4, -0.2) is 35.8 Å². The predicted molar refractivity (Wildman–Crippen MR) is 70.6 cm³/mol. The second-order valence-electron chi connectivity index (χ2n) is 3.44. The zero-order valence-corrected chi connectivity index (χ0v) is 11.1. The number of hydrogen-bond donors (Lipinski definition) is 3. The molecule has 0 heterocycles. The molecule has 0 aliphatic rings. The summed E-state index contributed by atoms with van der Waals surface area (Å²) < 4.78 is 27.4. The lowest BCUT2D eigenvalue weighted by molar-refractivity contribution is 0.495. The van der Waals surface area contributed by atoms with E-state index < -0.39 is 10.1 Å². The second kappa shape index (κ2) is 5.13. The Morgan fingerprint density at radius 3 is 1.76 bits per heavy atom. The molecule has 1 aromatic carbocycles. The van der Waals surface area contributed by atoms with Crippen LogP contribution in [0.4, 0.5) is 17.1 Å². The van der Waals surface area contributed by atoms with Crippen molar-refractivity contribution < 1.29 is 12.6 Å². The van der Waals surface area contributed by atoms with Crippen molar-refractivity contribution >= 4 is 27.2 Å². The summed E-state index contributed by atoms with van der Waals surface area (Å²) in [6.45, 7) is 0. The minimum atomic E-state index is -3.56. The second-order valence-corrected chi connectivity index (χ2v) is 5.01. The molecule has 7 heteroatoms. The van der Waals surface area contributed by atoms with Crippen LogP contribution in [0.25, 0.3) is 0 Å². The molecule has 0 saturated heterocycles. The highest BCUT2D eigenvalue weighted by molar-refractivity contribution is 7.86. The standard InChI is InChI=1S/C10H17N3O3S/c1-11-7-5-8(12-2)10(9(6-7)13-3)16-17(4,14)15/h5-6,11-13H,1-4H3. The van der Waals surface area contributed by atoms with Crippen molar-refractivity contribution in [3.63, 3.8) is 0 Å². The van der Waals surface area contributed by atoms with Crippen molar-refractivity contribution in [2.24, 2.45) is 0 Å². The Morgan fingerprint density at radius 1 is 1.00 bits per heavy atom. The molecular formula is C10H17N3O3S. The first-order valence-electron chi connectivity index (χ1n) is 5.02. The van der Waals surface area contributed by atoms with Gasteiger partial charge in [0.2, 0.25) is 0 Å². The Labute approximate surface area is 101 Å². The van der Waals surface area contributed by atoms with E-state index in [9.17, 15) is 8.42 Å². The third-order valence-electron chi connectivity index (χ3n) is 2.15. The Bertz CT molecular complexity index is 475. The highest BCUT2D eigenvalue weighted by Gasteiger charge is 2.15. The van der Waals surface area contributed by atoms with Gasteiger partial charge in [-0.25, -0.2) is 0 Å². The van der Waals surface area contributed by atoms with Crippen molar-refractivity contribution in [1.29, 1.82) is 0 Å². The van der Waals surface area contributed by atoms with Gasteiger partial charge in [0.05, 0.1) is 17.6 Å². The molecule has 0 aliphatic carbocycles. The predicted octanol–water partition coefficient (Wildman–Crippen LogP) is 1.15. The van der Waals surface area contributed by atoms with E-state index in [0.717, 1.165) is 11.9 Å². The van der Waals surface area contributed by atoms with E-state index in [0.29, 0.717) is 11.4 Å². The lowest BCUT2D eigenvalue weighted by atomic mass is 10.2. The molecular weight excluding hydrogens is 242 g/mol. The molecule has 3 N–H and O–H groups in total. The van der Waals surface area contributed by atoms with E-state index in [2.05, 4.69) is 16.0 Å². The monoisotopic (exact) mass is 259 g/mol. The van der Waals surface area contributed by atoms with E-state index >= 15 is 0 Å². The van der Waals surface area contributed by atoms with E-state index in [-0.39, 0.29) is 5.75 Å². The fourth-order valence-corrected chi connectivity index (χ4v) is 1.87. The quantitative estimate of drug-likeness (QED) is 0.688. The maximum atomic E-state index is 11.2. The molecule has 0 saturated carbocycles. The molecule has 96 valence electrons. The summed E-state index contributed by atoms with van der Waals surface area (Å²) in [5.74, 6) is 0.261. The van der Waals surface area contributed by atoms with Crippen LogP contribution in [0.5, 0.6) is 5.75 Å². The molecule has 0 aromatic heterocycles. The smallest absolute Gasteiger partial charge is 0.306 e. The van der Waals surface area contributed by atoms with Crippen LogP contribution in [0.3, 0.4) is 0 Å². The molecule has 0 fully saturated rings. The molecule has 0 unspecified atom stereocenters. The van der Waals surface area contributed by atoms with Crippen molar-refractivity contribution in [2.75, 3.05) is 43.3 Å². The van der Waals surface area contributed by atoms with Gasteiger partial charge < -0.3 is 20.1 Å². The number of hydrogen-bond acceptors (Lipinski definition) is 6. The fourth-order valence-electron chi connectivity index (χ4n) is 1.39. The Hall–Kier alpha value is -1.63. The average molecular weight is 259 g/mol. The van der Waals surface area contributed by atoms with Crippen LogP contribution >= 0.6 is 0 Å². The topological polar surface area (TPSA) is 79.5 Å². The van der Waals surface area contributed by atoms with Gasteiger partial charge in [-0.3, -0.25) is 0 Å². The number of rotatable bonds is 5. The van der Waals surface area contributed by atoms with Gasteiger partial charge in [-0.2, -0.15) is 8.42 Å². The maximum Gasteiger partial charge on any atom is 0.306 e. The van der Waals surface area contributed by atoms with Gasteiger partial charge in [-0.05, 0) is 12.1 Å². The molecule has 0 radical (unpaired) electrons. The maximum absolute atomic E-state index is 11.2. The summed E-state index contributed by atoms with van der Waals surface area (Å²) in [5, 5.41) is 8.78. The summed E-state index contributed by atoms with van der Waals surface area (Å²) in [5.41, 5.74) is 2.03. The Balaban J connectivity index is 3.34. The third kappa shape index (κ3) is 3.42. The molecule has 0 atom stereocenters. The molecule has 1 rings (SSSR count). The molecule has 0 bridgehead atoms. The van der Waals surface area contributed by atoms with E-state index in [4.69, 9.17) is 4.18 Å². The van der Waals surface area contributed by atoms with Crippen LogP contribution in [-0.2, 0) is 10.1 Å². The van der Waals surface area contributed by atoms with Gasteiger partial charge in [0, 0.05) is 26.8 Å². The van der Waals surface area contributed by atoms with Gasteiger partial charge in [0.1, 0.15) is 0 Å². The van der Waals surface area contributed by atoms with Crippen LogP contribution in [0.1, 0.15) is 0 Å². The van der Waals surface area contributed by atoms with Crippen molar-refractivity contribution in [1.82, 2.24) is 0 Å². The first-order chi connectivity index (χ1) is 7.91. The largest absolute Gasteiger partial charge is 0.388 e. The highest BCUT2D eigenvalue weighted by atomic mass is 32.2. The van der Waals surface area contributed by atoms with Crippen LogP contribution in [0.15, 0.2) is 12.1 Å². The number of anilines is 3. The molecule has 1 aromatic rings. The SMILES string of the molecule is CNc1cc(NC)c(OS(C)(=O)=O)c(NC)c1. The molecule has 0 spiro atoms. The molecule has 0 aliphatic heterocycles. The van der Waals surface area contributed by atoms with Gasteiger partial charge in [-0.1, -0.05) is 0 Å². The first-order valence-corrected chi connectivity index (χ1v) is 6.83. The fraction of sp³-hybridized carbons (Fsp3) is 0.400. The Kier molecular flexibility index (Phi) is 4.06. The zero-order chi connectivity index (χ0) is 13.1. The van der Waals surface area contributed by atoms with Crippen LogP contribution < -0.4 is 20.1 Å². The number of nitrogens with one attached hydrogen (secondary N) is 3. The molecule has 6 nitrogen and oxygen atoms in total. The lowest BCUT2D eigenvalue weighted by Gasteiger charge is -2.15. The third-order valence-corrected chi connectivity index (χ3v) is 2.62. The minimum Gasteiger partial charge on any atom is -0.388 e. The summed E-state index contributed by atoms with van der Waals surface area (Å²) >= 11 is 0. The zero-order valence-electron chi connectivity index (χ0n) is 10.3. The Morgan fingerprint density at radius 2 is 1.47 bits per heavy atom. The molecule has 17 heavy (non-hydrogen) atoms. The summed E-state index contributed by atoms with van der Waals surface area (Å²) in [6, 6.07) is 3.53. The van der Waals surface area contributed by atoms with Gasteiger partial charge in [0.25, 0.3) is 0 Å². The van der Waals surface area contributed by atoms with Crippen molar-refractivity contribution in [3.8, 4) is 5.75 Å². The minimum absolute atomic E-state index is 0.261. The van der Waals surface area contributed by atoms with Gasteiger partial charge >= 0.3 is 10.1 Å². The van der Waals surface area contributed by atoms with E-state index in [1.165, 1.54) is 0 Å². The van der Waals surface area contributed by atoms with Crippen LogP contribution in [0.2, 0.25) is 0 Å². The van der Waals surface area contributed by atoms with Crippen molar-refractivity contribution in [2.45, 2.75) is 0 Å². The van der Waals surface area contributed by atoms with Crippen molar-refractivity contribution in [3.05, 3.63) is 12.1 Å². The summed E-state index contributed by atoms with van der Waals surface area (Å²) in [4.78, 5) is 0. The van der Waals surface area contributed by atoms with Gasteiger partial charge in [-0.15, -0.1) is 0 Å². The van der Waals surface area contributed by atoms with Gasteiger partial charge in [0.15, 0.2) is 5.75 Å². The van der Waals surface area contributed by atoms with Crippen LogP contribution in [0, 0.1) is 0 Å². The van der Waals surface area contributed by atoms with E-state index in [1.54, 1.807) is 33.3 Å². The van der Waals surface area contributed by atoms with E-state index in [1.807, 2.05) is 0 Å². The summed E-state index contributed by atoms with van der Waals surface area (Å²) in [7, 11) is 1.62. The average Bonchev–Trinajstić information content (AvgIpc) is 2.27. The highest BCUT2D eigenvalue weighted by Crippen LogP contribution is 2.37. The number of benzene rings is 1. The summed E-state index contributed by atoms with van der Waals surface area (Å²) in [6.07, 6.45) is 1.01. The first kappa shape index (κ1) is 13.4. The molecule has 0 amide bonds.